The molecule has 3 aromatic rings. The highest BCUT2D eigenvalue weighted by Crippen LogP contribution is 2.23. The van der Waals surface area contributed by atoms with E-state index in [0.29, 0.717) is 13.1 Å². The van der Waals surface area contributed by atoms with E-state index in [2.05, 4.69) is 44.5 Å². The number of rotatable bonds is 5. The molecule has 6 nitrogen and oxygen atoms in total. The van der Waals surface area contributed by atoms with Gasteiger partial charge in [0.25, 0.3) is 0 Å². The molecule has 0 unspecified atom stereocenters. The lowest BCUT2D eigenvalue weighted by Crippen LogP contribution is -2.41. The fourth-order valence-corrected chi connectivity index (χ4v) is 3.50. The van der Waals surface area contributed by atoms with Crippen LogP contribution in [0.1, 0.15) is 18.4 Å². The van der Waals surface area contributed by atoms with Crippen LogP contribution in [0.4, 0.5) is 11.5 Å². The lowest BCUT2D eigenvalue weighted by Gasteiger charge is -2.33. The molecule has 1 saturated heterocycles. The van der Waals surface area contributed by atoms with E-state index in [-0.39, 0.29) is 11.8 Å². The molecule has 1 aromatic heterocycles. The molecule has 1 aliphatic rings. The van der Waals surface area contributed by atoms with E-state index >= 15 is 0 Å². The van der Waals surface area contributed by atoms with Crippen LogP contribution in [0.15, 0.2) is 54.7 Å². The number of hydrogen-bond donors (Lipinski definition) is 2. The summed E-state index contributed by atoms with van der Waals surface area (Å²) in [6.45, 7) is 2.35. The Kier molecular flexibility index (Phi) is 4.87. The largest absolute Gasteiger partial charge is 0.371 e. The highest BCUT2D eigenvalue weighted by atomic mass is 16.1. The van der Waals surface area contributed by atoms with Gasteiger partial charge in [0.05, 0.1) is 23.1 Å². The van der Waals surface area contributed by atoms with E-state index in [1.54, 1.807) is 6.20 Å². The lowest BCUT2D eigenvalue weighted by atomic mass is 9.97. The summed E-state index contributed by atoms with van der Waals surface area (Å²) in [6, 6.07) is 16.2. The first-order chi connectivity index (χ1) is 13.2. The molecule has 1 aliphatic heterocycles. The van der Waals surface area contributed by atoms with Gasteiger partial charge in [-0.05, 0) is 42.7 Å². The minimum absolute atomic E-state index is 0.0495. The van der Waals surface area contributed by atoms with Gasteiger partial charge >= 0.3 is 0 Å². The second kappa shape index (κ2) is 7.61. The summed E-state index contributed by atoms with van der Waals surface area (Å²) in [7, 11) is 0. The third-order valence-corrected chi connectivity index (χ3v) is 5.05. The molecule has 3 N–H and O–H groups in total. The third kappa shape index (κ3) is 4.00. The number of para-hydroxylation sites is 2. The fraction of sp³-hybridized carbons (Fsp3) is 0.286. The molecule has 0 saturated carbocycles. The quantitative estimate of drug-likeness (QED) is 0.730. The maximum Gasteiger partial charge on any atom is 0.222 e. The van der Waals surface area contributed by atoms with Gasteiger partial charge in [0.1, 0.15) is 5.82 Å². The summed E-state index contributed by atoms with van der Waals surface area (Å²) < 4.78 is 0. The van der Waals surface area contributed by atoms with Crippen LogP contribution in [0.25, 0.3) is 11.0 Å². The molecular weight excluding hydrogens is 338 g/mol. The Bertz CT molecular complexity index is 941. The Hall–Kier alpha value is -3.15. The minimum atomic E-state index is -0.197. The zero-order valence-corrected chi connectivity index (χ0v) is 15.1. The Morgan fingerprint density at radius 1 is 1.15 bits per heavy atom. The van der Waals surface area contributed by atoms with E-state index in [1.807, 2.05) is 24.3 Å². The van der Waals surface area contributed by atoms with Crippen molar-refractivity contribution >= 4 is 28.4 Å². The van der Waals surface area contributed by atoms with Gasteiger partial charge in [-0.1, -0.05) is 24.3 Å². The first-order valence-corrected chi connectivity index (χ1v) is 9.28. The maximum atomic E-state index is 11.5. The van der Waals surface area contributed by atoms with E-state index in [9.17, 15) is 4.79 Å². The molecule has 1 atom stereocenters. The van der Waals surface area contributed by atoms with Crippen molar-refractivity contribution in [3.8, 4) is 0 Å². The number of nitrogens with zero attached hydrogens (tertiary/aromatic N) is 3. The van der Waals surface area contributed by atoms with Gasteiger partial charge in [0.15, 0.2) is 0 Å². The van der Waals surface area contributed by atoms with Gasteiger partial charge in [-0.3, -0.25) is 9.78 Å². The molecule has 2 heterocycles. The van der Waals surface area contributed by atoms with E-state index in [0.717, 1.165) is 47.5 Å². The molecule has 0 spiro atoms. The van der Waals surface area contributed by atoms with Gasteiger partial charge in [-0.2, -0.15) is 0 Å². The number of nitrogens with one attached hydrogen (secondary N) is 1. The molecule has 6 heteroatoms. The fourth-order valence-electron chi connectivity index (χ4n) is 3.50. The summed E-state index contributed by atoms with van der Waals surface area (Å²) >= 11 is 0. The number of hydrogen-bond acceptors (Lipinski definition) is 5. The second-order valence-corrected chi connectivity index (χ2v) is 6.95. The normalized spacial score (nSPS) is 17.0. The van der Waals surface area contributed by atoms with Crippen molar-refractivity contribution in [3.63, 3.8) is 0 Å². The van der Waals surface area contributed by atoms with E-state index < -0.39 is 0 Å². The van der Waals surface area contributed by atoms with Crippen molar-refractivity contribution in [3.05, 3.63) is 60.3 Å². The van der Waals surface area contributed by atoms with Crippen LogP contribution in [-0.4, -0.2) is 29.0 Å². The minimum Gasteiger partial charge on any atom is -0.371 e. The number of fused-ring (bicyclic) bond motifs is 1. The van der Waals surface area contributed by atoms with Crippen molar-refractivity contribution in [1.82, 2.24) is 9.97 Å². The molecule has 0 bridgehead atoms. The van der Waals surface area contributed by atoms with Gasteiger partial charge in [0.2, 0.25) is 5.91 Å². The van der Waals surface area contributed by atoms with Crippen molar-refractivity contribution in [2.45, 2.75) is 19.4 Å². The lowest BCUT2D eigenvalue weighted by molar-refractivity contribution is -0.122. The predicted octanol–water partition coefficient (Wildman–Crippen LogP) is 2.94. The van der Waals surface area contributed by atoms with Crippen molar-refractivity contribution in [1.29, 1.82) is 0 Å². The SMILES string of the molecule is NC(=O)[C@@H]1CCCN(c2ccc(CNc3cnc4ccccc4n3)cc2)C1. The summed E-state index contributed by atoms with van der Waals surface area (Å²) in [5.41, 5.74) is 9.55. The number of anilines is 2. The number of amides is 1. The number of aromatic nitrogens is 2. The maximum absolute atomic E-state index is 11.5. The molecule has 1 amide bonds. The van der Waals surface area contributed by atoms with Crippen LogP contribution in [0.2, 0.25) is 0 Å². The highest BCUT2D eigenvalue weighted by Gasteiger charge is 2.23. The van der Waals surface area contributed by atoms with E-state index in [4.69, 9.17) is 5.73 Å². The molecule has 4 rings (SSSR count). The standard InChI is InChI=1S/C21H23N5O/c22-21(27)16-4-3-11-26(14-16)17-9-7-15(8-10-17)12-24-20-13-23-18-5-1-2-6-19(18)25-20/h1-2,5-10,13,16H,3-4,11-12,14H2,(H2,22,27)(H,24,25)/t16-/m1/s1. The summed E-state index contributed by atoms with van der Waals surface area (Å²) in [4.78, 5) is 22.7. The number of piperidine rings is 1. The smallest absolute Gasteiger partial charge is 0.222 e. The average Bonchev–Trinajstić information content (AvgIpc) is 2.72. The van der Waals surface area contributed by atoms with Gasteiger partial charge in [-0.25, -0.2) is 4.98 Å². The van der Waals surface area contributed by atoms with E-state index in [1.165, 1.54) is 0 Å². The summed E-state index contributed by atoms with van der Waals surface area (Å²) in [6.07, 6.45) is 3.65. The van der Waals surface area contributed by atoms with Crippen molar-refractivity contribution in [2.75, 3.05) is 23.3 Å². The molecule has 1 fully saturated rings. The summed E-state index contributed by atoms with van der Waals surface area (Å²) in [5, 5.41) is 3.33. The van der Waals surface area contributed by atoms with Gasteiger partial charge in [-0.15, -0.1) is 0 Å². The predicted molar refractivity (Wildman–Crippen MR) is 107 cm³/mol. The van der Waals surface area contributed by atoms with Crippen LogP contribution in [0.3, 0.4) is 0 Å². The zero-order chi connectivity index (χ0) is 18.6. The number of primary amides is 1. The molecular formula is C21H23N5O. The second-order valence-electron chi connectivity index (χ2n) is 6.95. The zero-order valence-electron chi connectivity index (χ0n) is 15.1. The number of carbonyl (C=O) groups is 1. The Morgan fingerprint density at radius 3 is 2.70 bits per heavy atom. The van der Waals surface area contributed by atoms with Crippen LogP contribution in [-0.2, 0) is 11.3 Å². The van der Waals surface area contributed by atoms with Gasteiger partial charge < -0.3 is 16.0 Å². The number of nitrogens with two attached hydrogens (primary N) is 1. The molecule has 2 aromatic carbocycles. The topological polar surface area (TPSA) is 84.1 Å². The monoisotopic (exact) mass is 361 g/mol. The molecule has 0 aliphatic carbocycles. The van der Waals surface area contributed by atoms with Crippen LogP contribution < -0.4 is 16.0 Å². The Balaban J connectivity index is 1.39. The van der Waals surface area contributed by atoms with Crippen LogP contribution in [0, 0.1) is 5.92 Å². The molecule has 138 valence electrons. The Morgan fingerprint density at radius 2 is 1.93 bits per heavy atom. The van der Waals surface area contributed by atoms with Crippen LogP contribution >= 0.6 is 0 Å². The average molecular weight is 361 g/mol. The molecule has 27 heavy (non-hydrogen) atoms. The van der Waals surface area contributed by atoms with Crippen LogP contribution in [0.5, 0.6) is 0 Å². The van der Waals surface area contributed by atoms with Crippen molar-refractivity contribution < 1.29 is 4.79 Å². The number of carbonyl (C=O) groups excluding carboxylic acids is 1. The Labute approximate surface area is 158 Å². The van der Waals surface area contributed by atoms with Crippen molar-refractivity contribution in [2.24, 2.45) is 11.7 Å². The first kappa shape index (κ1) is 17.3. The summed E-state index contributed by atoms with van der Waals surface area (Å²) in [5.74, 6) is 0.515. The highest BCUT2D eigenvalue weighted by molar-refractivity contribution is 5.77. The first-order valence-electron chi connectivity index (χ1n) is 9.28. The molecule has 0 radical (unpaired) electrons. The number of benzene rings is 2. The third-order valence-electron chi connectivity index (χ3n) is 5.05. The van der Waals surface area contributed by atoms with Gasteiger partial charge in [0, 0.05) is 25.3 Å².